The minimum absolute atomic E-state index is 0.0731. The molecule has 2 heterocycles. The summed E-state index contributed by atoms with van der Waals surface area (Å²) in [6.45, 7) is 6.03. The van der Waals surface area contributed by atoms with E-state index in [1.165, 1.54) is 16.2 Å². The van der Waals surface area contributed by atoms with Crippen molar-refractivity contribution in [2.45, 2.75) is 64.5 Å². The molecule has 29 heavy (non-hydrogen) atoms. The van der Waals surface area contributed by atoms with Crippen LogP contribution < -0.4 is 5.32 Å². The van der Waals surface area contributed by atoms with E-state index in [4.69, 9.17) is 4.74 Å². The van der Waals surface area contributed by atoms with Crippen molar-refractivity contribution in [3.63, 3.8) is 0 Å². The number of nitrogens with zero attached hydrogens (tertiary/aromatic N) is 2. The number of ether oxygens (including phenoxy) is 1. The molecule has 0 unspecified atom stereocenters. The number of hydrogen-bond acceptors (Lipinski definition) is 7. The topological polar surface area (TPSA) is 81.2 Å². The van der Waals surface area contributed by atoms with Gasteiger partial charge in [0.25, 0.3) is 0 Å². The molecule has 1 N–H and O–H groups in total. The van der Waals surface area contributed by atoms with Crippen LogP contribution in [0.5, 0.6) is 0 Å². The van der Waals surface area contributed by atoms with E-state index in [9.17, 15) is 9.59 Å². The minimum Gasteiger partial charge on any atom is -0.462 e. The van der Waals surface area contributed by atoms with Crippen molar-refractivity contribution < 1.29 is 14.3 Å². The lowest BCUT2D eigenvalue weighted by Gasteiger charge is -2.12. The molecule has 1 aliphatic rings. The highest BCUT2D eigenvalue weighted by molar-refractivity contribution is 7.99. The number of carbonyl (C=O) groups is 2. The van der Waals surface area contributed by atoms with E-state index in [1.807, 2.05) is 19.9 Å². The molecule has 0 radical (unpaired) electrons. The van der Waals surface area contributed by atoms with E-state index in [0.29, 0.717) is 30.0 Å². The maximum Gasteiger partial charge on any atom is 0.341 e. The third kappa shape index (κ3) is 5.79. The van der Waals surface area contributed by atoms with E-state index in [0.717, 1.165) is 53.5 Å². The van der Waals surface area contributed by atoms with Gasteiger partial charge in [-0.3, -0.25) is 4.79 Å². The summed E-state index contributed by atoms with van der Waals surface area (Å²) in [5.41, 5.74) is 3.53. The van der Waals surface area contributed by atoms with Gasteiger partial charge in [0.1, 0.15) is 5.00 Å². The molecule has 2 aromatic rings. The zero-order chi connectivity index (χ0) is 20.8. The van der Waals surface area contributed by atoms with Crippen molar-refractivity contribution in [3.05, 3.63) is 33.5 Å². The van der Waals surface area contributed by atoms with E-state index >= 15 is 0 Å². The number of esters is 1. The highest BCUT2D eigenvalue weighted by Crippen LogP contribution is 2.38. The minimum atomic E-state index is -0.329. The van der Waals surface area contributed by atoms with Gasteiger partial charge in [0, 0.05) is 28.4 Å². The Hall–Kier alpha value is -1.93. The molecule has 0 fully saturated rings. The molecule has 0 atom stereocenters. The summed E-state index contributed by atoms with van der Waals surface area (Å²) >= 11 is 3.09. The highest BCUT2D eigenvalue weighted by atomic mass is 32.2. The lowest BCUT2D eigenvalue weighted by molar-refractivity contribution is -0.116. The molecule has 0 aromatic carbocycles. The molecule has 0 saturated heterocycles. The monoisotopic (exact) mass is 433 g/mol. The first-order valence-electron chi connectivity index (χ1n) is 10.0. The highest BCUT2D eigenvalue weighted by Gasteiger charge is 2.27. The van der Waals surface area contributed by atoms with Crippen LogP contribution in [-0.2, 0) is 22.4 Å². The molecule has 1 aliphatic carbocycles. The van der Waals surface area contributed by atoms with E-state index < -0.39 is 0 Å². The Bertz CT molecular complexity index is 875. The summed E-state index contributed by atoms with van der Waals surface area (Å²) < 4.78 is 5.24. The third-order valence-corrected chi connectivity index (χ3v) is 6.79. The van der Waals surface area contributed by atoms with E-state index in [-0.39, 0.29) is 11.9 Å². The van der Waals surface area contributed by atoms with Gasteiger partial charge in [-0.05, 0) is 64.5 Å². The number of carbonyl (C=O) groups excluding carboxylic acids is 2. The van der Waals surface area contributed by atoms with Crippen LogP contribution in [0.4, 0.5) is 5.00 Å². The van der Waals surface area contributed by atoms with Crippen molar-refractivity contribution >= 4 is 40.0 Å². The SMILES string of the molecule is CCOC(=O)c1c(NC(=O)CCCSc2nc(C)cc(C)n2)sc2c1CCCC2. The number of thioether (sulfide) groups is 1. The van der Waals surface area contributed by atoms with Crippen molar-refractivity contribution in [3.8, 4) is 0 Å². The van der Waals surface area contributed by atoms with Crippen molar-refractivity contribution in [1.29, 1.82) is 0 Å². The first-order chi connectivity index (χ1) is 14.0. The number of fused-ring (bicyclic) bond motifs is 1. The average Bonchev–Trinajstić information content (AvgIpc) is 3.02. The molecular formula is C21H27N3O3S2. The number of amides is 1. The molecule has 0 aliphatic heterocycles. The van der Waals surface area contributed by atoms with Crippen LogP contribution in [0.3, 0.4) is 0 Å². The van der Waals surface area contributed by atoms with Crippen LogP contribution in [0, 0.1) is 13.8 Å². The van der Waals surface area contributed by atoms with Gasteiger partial charge in [0.15, 0.2) is 5.16 Å². The van der Waals surface area contributed by atoms with Crippen LogP contribution in [0.25, 0.3) is 0 Å². The quantitative estimate of drug-likeness (QED) is 0.281. The smallest absolute Gasteiger partial charge is 0.341 e. The van der Waals surface area contributed by atoms with Gasteiger partial charge in [-0.2, -0.15) is 0 Å². The predicted molar refractivity (Wildman–Crippen MR) is 117 cm³/mol. The van der Waals surface area contributed by atoms with Gasteiger partial charge in [-0.1, -0.05) is 11.8 Å². The summed E-state index contributed by atoms with van der Waals surface area (Å²) in [5.74, 6) is 0.364. The molecule has 6 nitrogen and oxygen atoms in total. The molecule has 2 aromatic heterocycles. The standard InChI is InChI=1S/C21H27N3O3S2/c1-4-27-20(26)18-15-8-5-6-9-16(15)29-19(18)24-17(25)10-7-11-28-21-22-13(2)12-14(3)23-21/h12H,4-11H2,1-3H3,(H,24,25). The number of rotatable bonds is 8. The summed E-state index contributed by atoms with van der Waals surface area (Å²) in [7, 11) is 0. The molecule has 156 valence electrons. The van der Waals surface area contributed by atoms with Gasteiger partial charge < -0.3 is 10.1 Å². The van der Waals surface area contributed by atoms with Gasteiger partial charge in [0.2, 0.25) is 5.91 Å². The van der Waals surface area contributed by atoms with Gasteiger partial charge in [-0.25, -0.2) is 14.8 Å². The average molecular weight is 434 g/mol. The Morgan fingerprint density at radius 2 is 1.93 bits per heavy atom. The summed E-state index contributed by atoms with van der Waals surface area (Å²) in [6.07, 6.45) is 5.15. The number of nitrogens with one attached hydrogen (secondary N) is 1. The zero-order valence-electron chi connectivity index (χ0n) is 17.2. The van der Waals surface area contributed by atoms with Gasteiger partial charge in [-0.15, -0.1) is 11.3 Å². The van der Waals surface area contributed by atoms with E-state index in [1.54, 1.807) is 18.7 Å². The second-order valence-corrected chi connectivity index (χ2v) is 9.24. The lowest BCUT2D eigenvalue weighted by Crippen LogP contribution is -2.15. The van der Waals surface area contributed by atoms with Crippen LogP contribution >= 0.6 is 23.1 Å². The van der Waals surface area contributed by atoms with Crippen LogP contribution in [0.15, 0.2) is 11.2 Å². The Morgan fingerprint density at radius 1 is 1.21 bits per heavy atom. The van der Waals surface area contributed by atoms with Crippen LogP contribution in [-0.4, -0.2) is 34.2 Å². The Morgan fingerprint density at radius 3 is 2.66 bits per heavy atom. The van der Waals surface area contributed by atoms with Gasteiger partial charge >= 0.3 is 5.97 Å². The summed E-state index contributed by atoms with van der Waals surface area (Å²) in [4.78, 5) is 35.0. The van der Waals surface area contributed by atoms with Crippen molar-refractivity contribution in [2.24, 2.45) is 0 Å². The normalized spacial score (nSPS) is 13.1. The maximum atomic E-state index is 12.5. The van der Waals surface area contributed by atoms with E-state index in [2.05, 4.69) is 15.3 Å². The lowest BCUT2D eigenvalue weighted by atomic mass is 9.95. The van der Waals surface area contributed by atoms with Crippen LogP contribution in [0.2, 0.25) is 0 Å². The first-order valence-corrected chi connectivity index (χ1v) is 11.8. The molecule has 0 spiro atoms. The number of aryl methyl sites for hydroxylation is 3. The van der Waals surface area contributed by atoms with Crippen molar-refractivity contribution in [1.82, 2.24) is 9.97 Å². The number of thiophene rings is 1. The Labute approximate surface area is 179 Å². The molecule has 0 saturated carbocycles. The summed E-state index contributed by atoms with van der Waals surface area (Å²) in [6, 6.07) is 1.94. The molecular weight excluding hydrogens is 406 g/mol. The molecule has 8 heteroatoms. The molecule has 3 rings (SSSR count). The van der Waals surface area contributed by atoms with Crippen LogP contribution in [0.1, 0.15) is 64.8 Å². The number of aromatic nitrogens is 2. The summed E-state index contributed by atoms with van der Waals surface area (Å²) in [5, 5.41) is 4.35. The number of anilines is 1. The second kappa shape index (κ2) is 10.2. The second-order valence-electron chi connectivity index (χ2n) is 7.07. The largest absolute Gasteiger partial charge is 0.462 e. The first kappa shape index (κ1) is 21.8. The third-order valence-electron chi connectivity index (χ3n) is 4.64. The zero-order valence-corrected chi connectivity index (χ0v) is 18.8. The fourth-order valence-electron chi connectivity index (χ4n) is 3.42. The Kier molecular flexibility index (Phi) is 7.66. The maximum absolute atomic E-state index is 12.5. The fourth-order valence-corrected chi connectivity index (χ4v) is 5.60. The molecule has 1 amide bonds. The van der Waals surface area contributed by atoms with Crippen molar-refractivity contribution in [2.75, 3.05) is 17.7 Å². The molecule has 0 bridgehead atoms. The van der Waals surface area contributed by atoms with Gasteiger partial charge in [0.05, 0.1) is 12.2 Å². The predicted octanol–water partition coefficient (Wildman–Crippen LogP) is 4.72. The number of hydrogen-bond donors (Lipinski definition) is 1. The Balaban J connectivity index is 1.57. The fraction of sp³-hybridized carbons (Fsp3) is 0.524.